The SMILES string of the molecule is CNC(c1cc(Br)cc(Br)c1)c1c(Cl)cnn1CCOC. The summed E-state index contributed by atoms with van der Waals surface area (Å²) >= 11 is 13.4. The highest BCUT2D eigenvalue weighted by Crippen LogP contribution is 2.31. The van der Waals surface area contributed by atoms with Gasteiger partial charge in [0.1, 0.15) is 0 Å². The average molecular weight is 438 g/mol. The first kappa shape index (κ1) is 17.0. The number of ether oxygens (including phenoxy) is 1. The highest BCUT2D eigenvalue weighted by atomic mass is 79.9. The van der Waals surface area contributed by atoms with E-state index in [0.717, 1.165) is 20.2 Å². The third-order valence-corrected chi connectivity index (χ3v) is 4.33. The summed E-state index contributed by atoms with van der Waals surface area (Å²) in [5, 5.41) is 8.28. The summed E-state index contributed by atoms with van der Waals surface area (Å²) in [5.74, 6) is 0. The van der Waals surface area contributed by atoms with Crippen molar-refractivity contribution in [3.8, 4) is 0 Å². The predicted octanol–water partition coefficient (Wildman–Crippen LogP) is 4.02. The highest BCUT2D eigenvalue weighted by Gasteiger charge is 2.21. The van der Waals surface area contributed by atoms with Crippen LogP contribution in [-0.2, 0) is 11.3 Å². The molecule has 1 atom stereocenters. The first-order valence-corrected chi connectivity index (χ1v) is 8.36. The maximum Gasteiger partial charge on any atom is 0.0837 e. The van der Waals surface area contributed by atoms with E-state index in [-0.39, 0.29) is 6.04 Å². The predicted molar refractivity (Wildman–Crippen MR) is 91.9 cm³/mol. The minimum atomic E-state index is -0.0503. The summed E-state index contributed by atoms with van der Waals surface area (Å²) in [6, 6.07) is 6.08. The Morgan fingerprint density at radius 1 is 1.33 bits per heavy atom. The minimum absolute atomic E-state index is 0.0503. The lowest BCUT2D eigenvalue weighted by Crippen LogP contribution is -2.23. The van der Waals surface area contributed by atoms with E-state index in [1.54, 1.807) is 13.3 Å². The number of rotatable bonds is 6. The Morgan fingerprint density at radius 3 is 2.57 bits per heavy atom. The molecule has 2 aromatic rings. The van der Waals surface area contributed by atoms with Crippen LogP contribution in [0.3, 0.4) is 0 Å². The van der Waals surface area contributed by atoms with Crippen LogP contribution in [-0.4, -0.2) is 30.5 Å². The van der Waals surface area contributed by atoms with Gasteiger partial charge < -0.3 is 10.1 Å². The lowest BCUT2D eigenvalue weighted by molar-refractivity contribution is 0.182. The number of hydrogen-bond acceptors (Lipinski definition) is 3. The van der Waals surface area contributed by atoms with Crippen molar-refractivity contribution in [2.24, 2.45) is 0 Å². The number of halogens is 3. The molecule has 0 radical (unpaired) electrons. The molecule has 1 unspecified atom stereocenters. The van der Waals surface area contributed by atoms with E-state index in [4.69, 9.17) is 16.3 Å². The zero-order valence-corrected chi connectivity index (χ0v) is 15.7. The van der Waals surface area contributed by atoms with Crippen LogP contribution in [0.4, 0.5) is 0 Å². The molecule has 0 aliphatic carbocycles. The van der Waals surface area contributed by atoms with Gasteiger partial charge in [0.05, 0.1) is 36.1 Å². The largest absolute Gasteiger partial charge is 0.383 e. The molecule has 1 heterocycles. The Bertz CT molecular complexity index is 598. The number of benzene rings is 1. The fraction of sp³-hybridized carbons (Fsp3) is 0.357. The third-order valence-electron chi connectivity index (χ3n) is 3.12. The van der Waals surface area contributed by atoms with Crippen molar-refractivity contribution >= 4 is 43.5 Å². The van der Waals surface area contributed by atoms with E-state index in [9.17, 15) is 0 Å². The van der Waals surface area contributed by atoms with Crippen molar-refractivity contribution in [2.45, 2.75) is 12.6 Å². The Hall–Kier alpha value is -0.400. The molecule has 114 valence electrons. The van der Waals surface area contributed by atoms with E-state index in [2.05, 4.69) is 54.4 Å². The Kier molecular flexibility index (Phi) is 6.25. The molecule has 1 aromatic carbocycles. The van der Waals surface area contributed by atoms with Gasteiger partial charge in [-0.25, -0.2) is 0 Å². The summed E-state index contributed by atoms with van der Waals surface area (Å²) in [4.78, 5) is 0. The van der Waals surface area contributed by atoms with Gasteiger partial charge in [-0.15, -0.1) is 0 Å². The van der Waals surface area contributed by atoms with E-state index in [1.807, 2.05) is 17.8 Å². The van der Waals surface area contributed by atoms with Crippen LogP contribution >= 0.6 is 43.5 Å². The number of nitrogens with one attached hydrogen (secondary N) is 1. The summed E-state index contributed by atoms with van der Waals surface area (Å²) in [5.41, 5.74) is 2.03. The highest BCUT2D eigenvalue weighted by molar-refractivity contribution is 9.11. The van der Waals surface area contributed by atoms with Gasteiger partial charge >= 0.3 is 0 Å². The third kappa shape index (κ3) is 4.07. The maximum atomic E-state index is 6.34. The standard InChI is InChI=1S/C14H16Br2ClN3O/c1-18-13(9-5-10(15)7-11(16)6-9)14-12(17)8-19-20(14)3-4-21-2/h5-8,13,18H,3-4H2,1-2H3. The molecular formula is C14H16Br2ClN3O. The van der Waals surface area contributed by atoms with E-state index >= 15 is 0 Å². The molecule has 0 spiro atoms. The molecule has 0 aliphatic rings. The molecule has 0 bridgehead atoms. The maximum absolute atomic E-state index is 6.34. The smallest absolute Gasteiger partial charge is 0.0837 e. The van der Waals surface area contributed by atoms with Crippen LogP contribution in [0.15, 0.2) is 33.3 Å². The van der Waals surface area contributed by atoms with Gasteiger partial charge in [0, 0.05) is 16.1 Å². The van der Waals surface area contributed by atoms with E-state index < -0.39 is 0 Å². The number of hydrogen-bond donors (Lipinski definition) is 1. The normalized spacial score (nSPS) is 12.6. The van der Waals surface area contributed by atoms with E-state index in [1.165, 1.54) is 0 Å². The van der Waals surface area contributed by atoms with Crippen molar-refractivity contribution in [1.82, 2.24) is 15.1 Å². The van der Waals surface area contributed by atoms with Gasteiger partial charge in [-0.2, -0.15) is 5.10 Å². The van der Waals surface area contributed by atoms with Crippen LogP contribution in [0, 0.1) is 0 Å². The Morgan fingerprint density at radius 2 is 2.00 bits per heavy atom. The van der Waals surface area contributed by atoms with Crippen molar-refractivity contribution in [3.63, 3.8) is 0 Å². The van der Waals surface area contributed by atoms with Gasteiger partial charge in [0.2, 0.25) is 0 Å². The quantitative estimate of drug-likeness (QED) is 0.742. The molecule has 1 N–H and O–H groups in total. The second-order valence-electron chi connectivity index (χ2n) is 4.52. The van der Waals surface area contributed by atoms with Gasteiger partial charge in [-0.05, 0) is 30.8 Å². The summed E-state index contributed by atoms with van der Waals surface area (Å²) in [7, 11) is 3.58. The number of methoxy groups -OCH3 is 1. The van der Waals surface area contributed by atoms with Crippen LogP contribution in [0.25, 0.3) is 0 Å². The van der Waals surface area contributed by atoms with Crippen LogP contribution in [0.1, 0.15) is 17.3 Å². The lowest BCUT2D eigenvalue weighted by atomic mass is 10.0. The second-order valence-corrected chi connectivity index (χ2v) is 6.76. The molecular weight excluding hydrogens is 421 g/mol. The van der Waals surface area contributed by atoms with E-state index in [0.29, 0.717) is 18.2 Å². The molecule has 2 rings (SSSR count). The Labute approximate surface area is 146 Å². The molecule has 0 fully saturated rings. The summed E-state index contributed by atoms with van der Waals surface area (Å²) in [6.07, 6.45) is 1.67. The summed E-state index contributed by atoms with van der Waals surface area (Å²) in [6.45, 7) is 1.25. The van der Waals surface area contributed by atoms with Gasteiger partial charge in [-0.3, -0.25) is 4.68 Å². The van der Waals surface area contributed by atoms with Crippen molar-refractivity contribution in [2.75, 3.05) is 20.8 Å². The second kappa shape index (κ2) is 7.74. The molecule has 1 aromatic heterocycles. The van der Waals surface area contributed by atoms with Crippen LogP contribution < -0.4 is 5.32 Å². The fourth-order valence-corrected chi connectivity index (χ4v) is 3.80. The molecule has 21 heavy (non-hydrogen) atoms. The van der Waals surface area contributed by atoms with Crippen molar-refractivity contribution in [3.05, 3.63) is 49.6 Å². The van der Waals surface area contributed by atoms with Gasteiger partial charge in [-0.1, -0.05) is 43.5 Å². The molecule has 0 saturated carbocycles. The summed E-state index contributed by atoms with van der Waals surface area (Å²) < 4.78 is 9.02. The molecule has 7 heteroatoms. The topological polar surface area (TPSA) is 39.1 Å². The van der Waals surface area contributed by atoms with Crippen LogP contribution in [0.2, 0.25) is 5.02 Å². The molecule has 0 amide bonds. The molecule has 0 saturated heterocycles. The minimum Gasteiger partial charge on any atom is -0.383 e. The first-order valence-electron chi connectivity index (χ1n) is 6.40. The molecule has 4 nitrogen and oxygen atoms in total. The monoisotopic (exact) mass is 435 g/mol. The zero-order chi connectivity index (χ0) is 15.4. The van der Waals surface area contributed by atoms with Crippen molar-refractivity contribution in [1.29, 1.82) is 0 Å². The van der Waals surface area contributed by atoms with Gasteiger partial charge in [0.25, 0.3) is 0 Å². The molecule has 0 aliphatic heterocycles. The fourth-order valence-electron chi connectivity index (χ4n) is 2.22. The first-order chi connectivity index (χ1) is 10.1. The average Bonchev–Trinajstić information content (AvgIpc) is 2.78. The Balaban J connectivity index is 2.43. The van der Waals surface area contributed by atoms with Gasteiger partial charge in [0.15, 0.2) is 0 Å². The van der Waals surface area contributed by atoms with Crippen LogP contribution in [0.5, 0.6) is 0 Å². The number of aromatic nitrogens is 2. The number of nitrogens with zero attached hydrogens (tertiary/aromatic N) is 2. The zero-order valence-electron chi connectivity index (χ0n) is 11.7. The lowest BCUT2D eigenvalue weighted by Gasteiger charge is -2.20. The van der Waals surface area contributed by atoms with Crippen molar-refractivity contribution < 1.29 is 4.74 Å².